The third kappa shape index (κ3) is 6.82. The van der Waals surface area contributed by atoms with Crippen LogP contribution in [0.4, 0.5) is 0 Å². The zero-order valence-electron chi connectivity index (χ0n) is 17.0. The van der Waals surface area contributed by atoms with E-state index in [1.807, 2.05) is 12.3 Å². The predicted octanol–water partition coefficient (Wildman–Crippen LogP) is 4.59. The van der Waals surface area contributed by atoms with Gasteiger partial charge in [-0.1, -0.05) is 19.3 Å². The van der Waals surface area contributed by atoms with E-state index in [4.69, 9.17) is 4.74 Å². The van der Waals surface area contributed by atoms with E-state index in [0.29, 0.717) is 31.8 Å². The molecule has 3 heterocycles. The first-order valence-corrected chi connectivity index (χ1v) is 11.5. The number of Topliss-reactive ketones (excluding diaryl/α,β-unsaturated/α-hetero) is 1. The van der Waals surface area contributed by atoms with Crippen molar-refractivity contribution in [1.29, 1.82) is 0 Å². The lowest BCUT2D eigenvalue weighted by atomic mass is 9.98. The molecule has 0 bridgehead atoms. The van der Waals surface area contributed by atoms with E-state index < -0.39 is 0 Å². The third-order valence-corrected chi connectivity index (χ3v) is 6.40. The van der Waals surface area contributed by atoms with Crippen LogP contribution in [0.1, 0.15) is 81.8 Å². The van der Waals surface area contributed by atoms with Crippen LogP contribution in [0.25, 0.3) is 6.08 Å². The Bertz CT molecular complexity index is 712. The SMILES string of the molecule is CC(=Cc1csc(C)n1)C1CC2OC2CCCCCCC(=O)CCCC(=O)N1. The Morgan fingerprint density at radius 2 is 1.93 bits per heavy atom. The van der Waals surface area contributed by atoms with Gasteiger partial charge in [0.2, 0.25) is 5.91 Å². The summed E-state index contributed by atoms with van der Waals surface area (Å²) in [5.74, 6) is 0.307. The number of carbonyl (C=O) groups excluding carboxylic acids is 2. The molecule has 6 heteroatoms. The van der Waals surface area contributed by atoms with Crippen LogP contribution in [0, 0.1) is 6.92 Å². The van der Waals surface area contributed by atoms with E-state index in [-0.39, 0.29) is 23.8 Å². The summed E-state index contributed by atoms with van der Waals surface area (Å²) in [5.41, 5.74) is 2.05. The highest BCUT2D eigenvalue weighted by Crippen LogP contribution is 2.33. The zero-order chi connectivity index (χ0) is 19.9. The molecular weight excluding hydrogens is 372 g/mol. The summed E-state index contributed by atoms with van der Waals surface area (Å²) in [4.78, 5) is 28.9. The van der Waals surface area contributed by atoms with E-state index in [1.165, 1.54) is 6.42 Å². The van der Waals surface area contributed by atoms with Crippen LogP contribution in [0.15, 0.2) is 11.0 Å². The van der Waals surface area contributed by atoms with Gasteiger partial charge in [-0.15, -0.1) is 11.3 Å². The van der Waals surface area contributed by atoms with E-state index >= 15 is 0 Å². The summed E-state index contributed by atoms with van der Waals surface area (Å²) in [5, 5.41) is 6.25. The van der Waals surface area contributed by atoms with Crippen molar-refractivity contribution in [3.8, 4) is 0 Å². The molecular formula is C22H32N2O3S. The highest BCUT2D eigenvalue weighted by atomic mass is 32.1. The Kier molecular flexibility index (Phi) is 7.80. The summed E-state index contributed by atoms with van der Waals surface area (Å²) >= 11 is 1.63. The van der Waals surface area contributed by atoms with Gasteiger partial charge in [0.25, 0.3) is 0 Å². The summed E-state index contributed by atoms with van der Waals surface area (Å²) < 4.78 is 5.88. The molecule has 154 valence electrons. The molecule has 1 aromatic rings. The van der Waals surface area contributed by atoms with Crippen LogP contribution in [0.2, 0.25) is 0 Å². The van der Waals surface area contributed by atoms with Crippen LogP contribution >= 0.6 is 11.3 Å². The second-order valence-electron chi connectivity index (χ2n) is 8.09. The quantitative estimate of drug-likeness (QED) is 0.732. The molecule has 1 amide bonds. The molecule has 2 aliphatic heterocycles. The fourth-order valence-electron chi connectivity index (χ4n) is 3.87. The van der Waals surface area contributed by atoms with Gasteiger partial charge in [0.15, 0.2) is 0 Å². The molecule has 3 atom stereocenters. The minimum Gasteiger partial charge on any atom is -0.369 e. The molecule has 5 nitrogen and oxygen atoms in total. The molecule has 0 saturated carbocycles. The number of ketones is 1. The number of hydrogen-bond acceptors (Lipinski definition) is 5. The van der Waals surface area contributed by atoms with E-state index in [9.17, 15) is 9.59 Å². The number of aryl methyl sites for hydroxylation is 1. The number of rotatable bonds is 2. The lowest BCUT2D eigenvalue weighted by Crippen LogP contribution is -2.37. The maximum Gasteiger partial charge on any atom is 0.220 e. The Morgan fingerprint density at radius 1 is 1.14 bits per heavy atom. The number of nitrogens with one attached hydrogen (secondary N) is 1. The Morgan fingerprint density at radius 3 is 2.71 bits per heavy atom. The molecule has 0 radical (unpaired) electrons. The molecule has 2 aliphatic rings. The number of thiazole rings is 1. The largest absolute Gasteiger partial charge is 0.369 e. The molecule has 3 rings (SSSR count). The minimum absolute atomic E-state index is 0.0179. The lowest BCUT2D eigenvalue weighted by Gasteiger charge is -2.19. The van der Waals surface area contributed by atoms with Gasteiger partial charge in [0.05, 0.1) is 29.0 Å². The van der Waals surface area contributed by atoms with Crippen LogP contribution in [-0.2, 0) is 14.3 Å². The molecule has 2 saturated heterocycles. The van der Waals surface area contributed by atoms with Crippen molar-refractivity contribution in [3.05, 3.63) is 21.7 Å². The molecule has 0 aliphatic carbocycles. The summed E-state index contributed by atoms with van der Waals surface area (Å²) in [7, 11) is 0. The lowest BCUT2D eigenvalue weighted by molar-refractivity contribution is -0.122. The molecule has 0 spiro atoms. The van der Waals surface area contributed by atoms with Crippen molar-refractivity contribution < 1.29 is 14.3 Å². The maximum absolute atomic E-state index is 12.5. The highest BCUT2D eigenvalue weighted by molar-refractivity contribution is 7.09. The number of aromatic nitrogens is 1. The standard InChI is InChI=1S/C22H32N2O3S/c1-15(12-17-14-28-16(2)23-17)19-13-21-20(27-21)10-6-4-3-5-8-18(25)9-7-11-22(26)24-19/h12,14,19-21H,3-11,13H2,1-2H3,(H,24,26). The fraction of sp³-hybridized carbons (Fsp3) is 0.682. The van der Waals surface area contributed by atoms with Crippen LogP contribution in [0.3, 0.4) is 0 Å². The zero-order valence-corrected chi connectivity index (χ0v) is 17.9. The van der Waals surface area contributed by atoms with Gasteiger partial charge in [0.1, 0.15) is 5.78 Å². The Labute approximate surface area is 172 Å². The number of fused-ring (bicyclic) bond motifs is 1. The monoisotopic (exact) mass is 404 g/mol. The number of ether oxygens (including phenoxy) is 1. The number of hydrogen-bond donors (Lipinski definition) is 1. The topological polar surface area (TPSA) is 71.6 Å². The van der Waals surface area contributed by atoms with Gasteiger partial charge in [-0.05, 0) is 44.8 Å². The first-order chi connectivity index (χ1) is 13.5. The van der Waals surface area contributed by atoms with E-state index in [2.05, 4.69) is 23.3 Å². The number of nitrogens with zero attached hydrogens (tertiary/aromatic N) is 1. The van der Waals surface area contributed by atoms with E-state index in [0.717, 1.165) is 48.4 Å². The van der Waals surface area contributed by atoms with Crippen molar-refractivity contribution in [1.82, 2.24) is 10.3 Å². The molecule has 2 fully saturated rings. The van der Waals surface area contributed by atoms with Crippen molar-refractivity contribution in [2.75, 3.05) is 0 Å². The van der Waals surface area contributed by atoms with Gasteiger partial charge < -0.3 is 10.1 Å². The summed E-state index contributed by atoms with van der Waals surface area (Å²) in [6.07, 6.45) is 11.1. The summed E-state index contributed by atoms with van der Waals surface area (Å²) in [6.45, 7) is 4.05. The second-order valence-corrected chi connectivity index (χ2v) is 9.16. The third-order valence-electron chi connectivity index (χ3n) is 5.61. The van der Waals surface area contributed by atoms with Crippen LogP contribution in [0.5, 0.6) is 0 Å². The van der Waals surface area contributed by atoms with Crippen LogP contribution < -0.4 is 5.32 Å². The van der Waals surface area contributed by atoms with Crippen molar-refractivity contribution in [2.24, 2.45) is 0 Å². The fourth-order valence-corrected chi connectivity index (χ4v) is 4.44. The number of carbonyl (C=O) groups is 2. The van der Waals surface area contributed by atoms with Gasteiger partial charge in [-0.3, -0.25) is 9.59 Å². The number of amides is 1. The molecule has 1 N–H and O–H groups in total. The van der Waals surface area contributed by atoms with Crippen molar-refractivity contribution in [3.63, 3.8) is 0 Å². The predicted molar refractivity (Wildman–Crippen MR) is 112 cm³/mol. The highest BCUT2D eigenvalue weighted by Gasteiger charge is 2.40. The smallest absolute Gasteiger partial charge is 0.220 e. The normalized spacial score (nSPS) is 28.5. The molecule has 28 heavy (non-hydrogen) atoms. The molecule has 0 aromatic carbocycles. The average Bonchev–Trinajstić information content (AvgIpc) is 3.25. The Hall–Kier alpha value is -1.53. The van der Waals surface area contributed by atoms with E-state index in [1.54, 1.807) is 11.3 Å². The van der Waals surface area contributed by atoms with Crippen molar-refractivity contribution in [2.45, 2.75) is 96.3 Å². The summed E-state index contributed by atoms with van der Waals surface area (Å²) in [6, 6.07) is -0.0480. The Balaban J connectivity index is 1.65. The van der Waals surface area contributed by atoms with Gasteiger partial charge >= 0.3 is 0 Å². The van der Waals surface area contributed by atoms with Crippen LogP contribution in [-0.4, -0.2) is 34.9 Å². The molecule has 3 unspecified atom stereocenters. The van der Waals surface area contributed by atoms with Gasteiger partial charge in [0, 0.05) is 31.1 Å². The molecule has 1 aromatic heterocycles. The number of epoxide rings is 1. The first kappa shape index (κ1) is 21.2. The van der Waals surface area contributed by atoms with Crippen molar-refractivity contribution >= 4 is 29.1 Å². The van der Waals surface area contributed by atoms with Gasteiger partial charge in [-0.25, -0.2) is 4.98 Å². The average molecular weight is 405 g/mol. The first-order valence-electron chi connectivity index (χ1n) is 10.6. The minimum atomic E-state index is -0.0480. The van der Waals surface area contributed by atoms with Gasteiger partial charge in [-0.2, -0.15) is 0 Å². The second kappa shape index (κ2) is 10.3. The maximum atomic E-state index is 12.5.